The van der Waals surface area contributed by atoms with E-state index in [1.54, 1.807) is 24.3 Å². The van der Waals surface area contributed by atoms with Crippen molar-refractivity contribution in [1.82, 2.24) is 10.2 Å². The van der Waals surface area contributed by atoms with Crippen molar-refractivity contribution in [2.45, 2.75) is 58.2 Å². The van der Waals surface area contributed by atoms with Crippen molar-refractivity contribution in [3.05, 3.63) is 99.8 Å². The van der Waals surface area contributed by atoms with Crippen molar-refractivity contribution in [2.75, 3.05) is 17.1 Å². The number of amides is 2. The van der Waals surface area contributed by atoms with E-state index in [1.165, 1.54) is 23.1 Å². The fraction of sp³-hybridized carbons (Fsp3) is 0.355. The van der Waals surface area contributed by atoms with Crippen LogP contribution in [0.2, 0.25) is 10.0 Å². The first kappa shape index (κ1) is 33.4. The number of carbonyl (C=O) groups is 2. The van der Waals surface area contributed by atoms with Crippen molar-refractivity contribution >= 4 is 50.7 Å². The zero-order chi connectivity index (χ0) is 30.9. The Hall–Kier alpha value is -3.14. The molecule has 11 heteroatoms. The lowest BCUT2D eigenvalue weighted by atomic mass is 10.0. The lowest BCUT2D eigenvalue weighted by Crippen LogP contribution is -2.52. The van der Waals surface area contributed by atoms with Crippen LogP contribution in [0.15, 0.2) is 72.8 Å². The third-order valence-electron chi connectivity index (χ3n) is 6.90. The summed E-state index contributed by atoms with van der Waals surface area (Å²) in [5.41, 5.74) is 1.31. The fourth-order valence-corrected chi connectivity index (χ4v) is 5.87. The quantitative estimate of drug-likeness (QED) is 0.227. The van der Waals surface area contributed by atoms with Crippen LogP contribution in [0.1, 0.15) is 44.2 Å². The maximum absolute atomic E-state index is 14.8. The largest absolute Gasteiger partial charge is 0.352 e. The Balaban J connectivity index is 1.92. The van der Waals surface area contributed by atoms with E-state index in [0.29, 0.717) is 11.4 Å². The molecule has 0 unspecified atom stereocenters. The predicted molar refractivity (Wildman–Crippen MR) is 167 cm³/mol. The van der Waals surface area contributed by atoms with Gasteiger partial charge in [0.15, 0.2) is 0 Å². The normalized spacial score (nSPS) is 12.8. The molecule has 0 fully saturated rings. The Morgan fingerprint density at radius 2 is 1.67 bits per heavy atom. The van der Waals surface area contributed by atoms with Gasteiger partial charge in [-0.2, -0.15) is 0 Å². The number of rotatable bonds is 14. The maximum Gasteiger partial charge on any atom is 0.243 e. The number of nitrogens with one attached hydrogen (secondary N) is 1. The highest BCUT2D eigenvalue weighted by atomic mass is 35.5. The molecule has 0 aliphatic rings. The monoisotopic (exact) mass is 635 g/mol. The van der Waals surface area contributed by atoms with Crippen LogP contribution in [0.3, 0.4) is 0 Å². The minimum absolute atomic E-state index is 0.0550. The summed E-state index contributed by atoms with van der Waals surface area (Å²) in [5, 5.41) is 3.48. The molecule has 0 saturated carbocycles. The molecule has 2 amide bonds. The zero-order valence-corrected chi connectivity index (χ0v) is 26.2. The number of sulfonamides is 1. The minimum Gasteiger partial charge on any atom is -0.352 e. The second-order valence-electron chi connectivity index (χ2n) is 10.2. The van der Waals surface area contributed by atoms with Crippen molar-refractivity contribution in [3.63, 3.8) is 0 Å². The first-order chi connectivity index (χ1) is 19.9. The number of hydrogen-bond acceptors (Lipinski definition) is 4. The summed E-state index contributed by atoms with van der Waals surface area (Å²) in [7, 11) is -3.76. The molecule has 0 aliphatic carbocycles. The number of anilines is 1. The molecule has 0 radical (unpaired) electrons. The van der Waals surface area contributed by atoms with Crippen molar-refractivity contribution in [3.8, 4) is 0 Å². The van der Waals surface area contributed by atoms with E-state index in [9.17, 15) is 22.4 Å². The molecule has 226 valence electrons. The van der Waals surface area contributed by atoms with Crippen LogP contribution in [-0.2, 0) is 32.6 Å². The molecule has 0 spiro atoms. The Labute approximate surface area is 257 Å². The molecule has 7 nitrogen and oxygen atoms in total. The molecule has 2 atom stereocenters. The summed E-state index contributed by atoms with van der Waals surface area (Å²) in [6.45, 7) is 3.63. The van der Waals surface area contributed by atoms with E-state index in [1.807, 2.05) is 44.2 Å². The van der Waals surface area contributed by atoms with Crippen LogP contribution in [0.4, 0.5) is 10.1 Å². The number of carbonyl (C=O) groups excluding carboxylic acids is 2. The van der Waals surface area contributed by atoms with Crippen LogP contribution in [0.25, 0.3) is 0 Å². The molecule has 3 rings (SSSR count). The van der Waals surface area contributed by atoms with Gasteiger partial charge in [0.2, 0.25) is 21.8 Å². The number of halogens is 3. The van der Waals surface area contributed by atoms with Gasteiger partial charge in [0.25, 0.3) is 0 Å². The number of nitrogens with zero attached hydrogens (tertiary/aromatic N) is 2. The van der Waals surface area contributed by atoms with Gasteiger partial charge in [0.1, 0.15) is 11.9 Å². The Kier molecular flexibility index (Phi) is 12.2. The van der Waals surface area contributed by atoms with E-state index in [-0.39, 0.29) is 60.6 Å². The zero-order valence-electron chi connectivity index (χ0n) is 23.9. The van der Waals surface area contributed by atoms with Crippen molar-refractivity contribution in [2.24, 2.45) is 0 Å². The summed E-state index contributed by atoms with van der Waals surface area (Å²) in [6.07, 6.45) is 1.98. The van der Waals surface area contributed by atoms with Gasteiger partial charge >= 0.3 is 0 Å². The van der Waals surface area contributed by atoms with Gasteiger partial charge in [-0.1, -0.05) is 78.7 Å². The molecule has 0 aromatic heterocycles. The van der Waals surface area contributed by atoms with Gasteiger partial charge in [-0.3, -0.25) is 13.9 Å². The summed E-state index contributed by atoms with van der Waals surface area (Å²) in [4.78, 5) is 28.8. The van der Waals surface area contributed by atoms with E-state index < -0.39 is 27.8 Å². The molecule has 0 bridgehead atoms. The third-order valence-corrected chi connectivity index (χ3v) is 8.63. The first-order valence-electron chi connectivity index (χ1n) is 13.7. The van der Waals surface area contributed by atoms with Gasteiger partial charge in [-0.25, -0.2) is 12.8 Å². The van der Waals surface area contributed by atoms with Crippen LogP contribution >= 0.6 is 23.2 Å². The molecule has 0 saturated heterocycles. The summed E-state index contributed by atoms with van der Waals surface area (Å²) < 4.78 is 41.2. The average Bonchev–Trinajstić information content (AvgIpc) is 2.95. The Bertz CT molecular complexity index is 1470. The predicted octanol–water partition coefficient (Wildman–Crippen LogP) is 6.23. The molecular weight excluding hydrogens is 600 g/mol. The lowest BCUT2D eigenvalue weighted by molar-refractivity contribution is -0.141. The Morgan fingerprint density at radius 1 is 1.00 bits per heavy atom. The van der Waals surface area contributed by atoms with Crippen LogP contribution in [0, 0.1) is 5.82 Å². The molecule has 42 heavy (non-hydrogen) atoms. The highest BCUT2D eigenvalue weighted by molar-refractivity contribution is 7.92. The van der Waals surface area contributed by atoms with Crippen LogP contribution < -0.4 is 9.62 Å². The van der Waals surface area contributed by atoms with Crippen molar-refractivity contribution < 1.29 is 22.4 Å². The molecule has 1 N–H and O–H groups in total. The second-order valence-corrected chi connectivity index (χ2v) is 12.9. The minimum atomic E-state index is -3.76. The summed E-state index contributed by atoms with van der Waals surface area (Å²) in [5.74, 6) is -1.25. The first-order valence-corrected chi connectivity index (χ1v) is 16.3. The van der Waals surface area contributed by atoms with Gasteiger partial charge in [0, 0.05) is 42.6 Å². The van der Waals surface area contributed by atoms with E-state index in [2.05, 4.69) is 5.32 Å². The lowest BCUT2D eigenvalue weighted by Gasteiger charge is -2.33. The maximum atomic E-state index is 14.8. The molecule has 3 aromatic rings. The molecule has 0 aliphatic heterocycles. The highest BCUT2D eigenvalue weighted by Gasteiger charge is 2.31. The highest BCUT2D eigenvalue weighted by Crippen LogP contribution is 2.31. The van der Waals surface area contributed by atoms with Crippen LogP contribution in [-0.4, -0.2) is 50.0 Å². The van der Waals surface area contributed by atoms with Gasteiger partial charge in [-0.15, -0.1) is 0 Å². The number of benzene rings is 3. The fourth-order valence-electron chi connectivity index (χ4n) is 4.46. The smallest absolute Gasteiger partial charge is 0.243 e. The van der Waals surface area contributed by atoms with E-state index in [0.717, 1.165) is 16.1 Å². The van der Waals surface area contributed by atoms with Gasteiger partial charge in [0.05, 0.1) is 17.0 Å². The average molecular weight is 637 g/mol. The van der Waals surface area contributed by atoms with E-state index in [4.69, 9.17) is 23.2 Å². The van der Waals surface area contributed by atoms with Gasteiger partial charge < -0.3 is 10.2 Å². The van der Waals surface area contributed by atoms with Gasteiger partial charge in [-0.05, 0) is 49.6 Å². The molecule has 0 heterocycles. The van der Waals surface area contributed by atoms with Crippen LogP contribution in [0.5, 0.6) is 0 Å². The van der Waals surface area contributed by atoms with E-state index >= 15 is 0 Å². The number of hydrogen-bond donors (Lipinski definition) is 1. The molecule has 3 aromatic carbocycles. The Morgan fingerprint density at radius 3 is 2.31 bits per heavy atom. The molecular formula is C31H36Cl2FN3O4S. The van der Waals surface area contributed by atoms with Crippen molar-refractivity contribution in [1.29, 1.82) is 0 Å². The third kappa shape index (κ3) is 9.44. The topological polar surface area (TPSA) is 86.8 Å². The summed E-state index contributed by atoms with van der Waals surface area (Å²) in [6, 6.07) is 18.9. The summed E-state index contributed by atoms with van der Waals surface area (Å²) >= 11 is 12.4. The SMILES string of the molecule is CC[C@H](C)NC(=O)[C@@H](Cc1ccccc1)N(Cc1ccccc1F)C(=O)CCCN(c1cc(Cl)ccc1Cl)S(C)(=O)=O. The second kappa shape index (κ2) is 15.4. The standard InChI is InChI=1S/C31H36Cl2FN3O4S/c1-4-22(2)35-31(39)29(19-23-11-6-5-7-12-23)36(21-24-13-8-9-14-27(24)34)30(38)15-10-18-37(42(3,40)41)28-20-25(32)16-17-26(28)33/h5-9,11-14,16-17,20,22,29H,4,10,15,18-19,21H2,1-3H3,(H,35,39)/t22-,29+/m0/s1.